The Balaban J connectivity index is 3.00. The van der Waals surface area contributed by atoms with Gasteiger partial charge in [-0.3, -0.25) is 0 Å². The summed E-state index contributed by atoms with van der Waals surface area (Å²) in [6.07, 6.45) is -0.543. The molecule has 0 fully saturated rings. The van der Waals surface area contributed by atoms with Crippen LogP contribution in [0.3, 0.4) is 0 Å². The Kier molecular flexibility index (Phi) is 4.94. The summed E-state index contributed by atoms with van der Waals surface area (Å²) in [6.45, 7) is 3.96. The summed E-state index contributed by atoms with van der Waals surface area (Å²) in [5, 5.41) is 12.1. The molecule has 0 aliphatic heterocycles. The summed E-state index contributed by atoms with van der Waals surface area (Å²) in [6, 6.07) is 4.42. The minimum atomic E-state index is -3.50. The monoisotopic (exact) mass is 273 g/mol. The molecule has 0 heterocycles. The first-order valence-corrected chi connectivity index (χ1v) is 7.16. The number of aliphatic hydroxyl groups is 1. The van der Waals surface area contributed by atoms with E-state index in [4.69, 9.17) is 5.73 Å². The van der Waals surface area contributed by atoms with E-state index in [-0.39, 0.29) is 4.90 Å². The topological polar surface area (TPSA) is 104 Å². The summed E-state index contributed by atoms with van der Waals surface area (Å²) < 4.78 is 26.0. The number of benzene rings is 1. The van der Waals surface area contributed by atoms with E-state index in [0.29, 0.717) is 24.5 Å². The molecule has 0 aliphatic carbocycles. The van der Waals surface area contributed by atoms with Crippen molar-refractivity contribution in [1.82, 2.24) is 4.72 Å². The fourth-order valence-corrected chi connectivity index (χ4v) is 2.45. The fourth-order valence-electron chi connectivity index (χ4n) is 1.39. The quantitative estimate of drug-likeness (QED) is 0.560. The lowest BCUT2D eigenvalue weighted by Gasteiger charge is -2.13. The molecule has 1 aromatic rings. The average Bonchev–Trinajstić information content (AvgIpc) is 2.27. The Hall–Kier alpha value is -1.31. The highest BCUT2D eigenvalue weighted by Gasteiger charge is 2.14. The second-order valence-electron chi connectivity index (χ2n) is 3.98. The predicted octanol–water partition coefficient (Wildman–Crippen LogP) is 0.360. The van der Waals surface area contributed by atoms with Crippen LogP contribution in [0.2, 0.25) is 0 Å². The van der Waals surface area contributed by atoms with Crippen molar-refractivity contribution in [2.24, 2.45) is 0 Å². The van der Waals surface area contributed by atoms with Crippen molar-refractivity contribution in [3.05, 3.63) is 18.2 Å². The van der Waals surface area contributed by atoms with Gasteiger partial charge in [0.2, 0.25) is 10.0 Å². The number of hydrogen-bond acceptors (Lipinski definition) is 5. The molecule has 0 saturated carbocycles. The second-order valence-corrected chi connectivity index (χ2v) is 5.75. The first-order valence-electron chi connectivity index (χ1n) is 5.68. The zero-order valence-corrected chi connectivity index (χ0v) is 11.3. The minimum Gasteiger partial charge on any atom is -0.397 e. The van der Waals surface area contributed by atoms with Crippen LogP contribution in [0.5, 0.6) is 0 Å². The van der Waals surface area contributed by atoms with Crippen molar-refractivity contribution in [3.63, 3.8) is 0 Å². The lowest BCUT2D eigenvalue weighted by Crippen LogP contribution is -2.23. The third-order valence-corrected chi connectivity index (χ3v) is 3.80. The standard InChI is InChI=1S/C11H19N3O3S/c1-3-14-18(16,17)9-4-5-10(12)11(6-9)13-7-8(2)15/h4-6,8,13-15H,3,7,12H2,1-2H3. The molecule has 1 unspecified atom stereocenters. The van der Waals surface area contributed by atoms with Crippen LogP contribution in [0.15, 0.2) is 23.1 Å². The van der Waals surface area contributed by atoms with E-state index in [9.17, 15) is 13.5 Å². The third-order valence-electron chi connectivity index (χ3n) is 2.26. The van der Waals surface area contributed by atoms with E-state index in [2.05, 4.69) is 10.0 Å². The van der Waals surface area contributed by atoms with E-state index in [1.165, 1.54) is 18.2 Å². The van der Waals surface area contributed by atoms with Crippen LogP contribution in [0.1, 0.15) is 13.8 Å². The first-order chi connectivity index (χ1) is 8.36. The Morgan fingerprint density at radius 1 is 1.44 bits per heavy atom. The molecule has 1 aromatic carbocycles. The second kappa shape index (κ2) is 6.03. The number of rotatable bonds is 6. The van der Waals surface area contributed by atoms with Crippen molar-refractivity contribution < 1.29 is 13.5 Å². The molecule has 0 radical (unpaired) electrons. The molecule has 0 aromatic heterocycles. The molecule has 1 atom stereocenters. The molecule has 7 heteroatoms. The summed E-state index contributed by atoms with van der Waals surface area (Å²) in [4.78, 5) is 0.145. The van der Waals surface area contributed by atoms with E-state index in [1.807, 2.05) is 0 Å². The molecule has 0 amide bonds. The van der Waals surface area contributed by atoms with E-state index in [0.717, 1.165) is 0 Å². The summed E-state index contributed by atoms with van der Waals surface area (Å²) in [5.74, 6) is 0. The zero-order chi connectivity index (χ0) is 13.8. The van der Waals surface area contributed by atoms with Gasteiger partial charge < -0.3 is 16.2 Å². The number of aliphatic hydroxyl groups excluding tert-OH is 1. The maximum atomic E-state index is 11.8. The number of sulfonamides is 1. The van der Waals surface area contributed by atoms with Crippen LogP contribution < -0.4 is 15.8 Å². The van der Waals surface area contributed by atoms with Crippen LogP contribution in [-0.4, -0.2) is 32.7 Å². The lowest BCUT2D eigenvalue weighted by atomic mass is 10.2. The van der Waals surface area contributed by atoms with Gasteiger partial charge in [0.15, 0.2) is 0 Å². The minimum absolute atomic E-state index is 0.145. The lowest BCUT2D eigenvalue weighted by molar-refractivity contribution is 0.208. The van der Waals surface area contributed by atoms with Crippen LogP contribution in [0, 0.1) is 0 Å². The highest BCUT2D eigenvalue weighted by atomic mass is 32.2. The van der Waals surface area contributed by atoms with Crippen LogP contribution in [-0.2, 0) is 10.0 Å². The SMILES string of the molecule is CCNS(=O)(=O)c1ccc(N)c(NCC(C)O)c1. The van der Waals surface area contributed by atoms with Crippen molar-refractivity contribution in [2.45, 2.75) is 24.8 Å². The van der Waals surface area contributed by atoms with Gasteiger partial charge in [0.1, 0.15) is 0 Å². The highest BCUT2D eigenvalue weighted by Crippen LogP contribution is 2.22. The van der Waals surface area contributed by atoms with Gasteiger partial charge in [0, 0.05) is 13.1 Å². The van der Waals surface area contributed by atoms with Crippen LogP contribution in [0.25, 0.3) is 0 Å². The summed E-state index contributed by atoms with van der Waals surface area (Å²) in [7, 11) is -3.50. The molecule has 102 valence electrons. The van der Waals surface area contributed by atoms with Gasteiger partial charge >= 0.3 is 0 Å². The molecule has 0 spiro atoms. The molecular weight excluding hydrogens is 254 g/mol. The maximum Gasteiger partial charge on any atom is 0.240 e. The Morgan fingerprint density at radius 3 is 2.67 bits per heavy atom. The van der Waals surface area contributed by atoms with Gasteiger partial charge in [-0.15, -0.1) is 0 Å². The third kappa shape index (κ3) is 3.86. The largest absolute Gasteiger partial charge is 0.397 e. The first kappa shape index (κ1) is 14.7. The average molecular weight is 273 g/mol. The molecule has 0 bridgehead atoms. The number of nitrogen functional groups attached to an aromatic ring is 1. The molecule has 6 nitrogen and oxygen atoms in total. The van der Waals surface area contributed by atoms with Gasteiger partial charge in [0.25, 0.3) is 0 Å². The molecule has 1 rings (SSSR count). The molecule has 18 heavy (non-hydrogen) atoms. The zero-order valence-electron chi connectivity index (χ0n) is 10.5. The fraction of sp³-hybridized carbons (Fsp3) is 0.455. The molecule has 0 saturated heterocycles. The Bertz CT molecular complexity index is 500. The van der Waals surface area contributed by atoms with Gasteiger partial charge in [-0.25, -0.2) is 13.1 Å². The highest BCUT2D eigenvalue weighted by molar-refractivity contribution is 7.89. The molecule has 5 N–H and O–H groups in total. The van der Waals surface area contributed by atoms with Crippen molar-refractivity contribution in [3.8, 4) is 0 Å². The molecule has 0 aliphatic rings. The number of nitrogens with two attached hydrogens (primary N) is 1. The van der Waals surface area contributed by atoms with Crippen LogP contribution >= 0.6 is 0 Å². The normalized spacial score (nSPS) is 13.3. The van der Waals surface area contributed by atoms with Gasteiger partial charge in [-0.2, -0.15) is 0 Å². The predicted molar refractivity (Wildman–Crippen MR) is 71.9 cm³/mol. The number of anilines is 2. The summed E-state index contributed by atoms with van der Waals surface area (Å²) in [5.41, 5.74) is 6.66. The number of nitrogens with one attached hydrogen (secondary N) is 2. The van der Waals surface area contributed by atoms with E-state index in [1.54, 1.807) is 13.8 Å². The van der Waals surface area contributed by atoms with Gasteiger partial charge in [0.05, 0.1) is 22.4 Å². The van der Waals surface area contributed by atoms with Crippen LogP contribution in [0.4, 0.5) is 11.4 Å². The summed E-state index contributed by atoms with van der Waals surface area (Å²) >= 11 is 0. The molecular formula is C11H19N3O3S. The number of hydrogen-bond donors (Lipinski definition) is 4. The van der Waals surface area contributed by atoms with Crippen molar-refractivity contribution in [2.75, 3.05) is 24.1 Å². The van der Waals surface area contributed by atoms with Crippen molar-refractivity contribution in [1.29, 1.82) is 0 Å². The van der Waals surface area contributed by atoms with Gasteiger partial charge in [-0.1, -0.05) is 6.92 Å². The maximum absolute atomic E-state index is 11.8. The van der Waals surface area contributed by atoms with Crippen molar-refractivity contribution >= 4 is 21.4 Å². The smallest absolute Gasteiger partial charge is 0.240 e. The Labute approximate surface area is 107 Å². The van der Waals surface area contributed by atoms with E-state index >= 15 is 0 Å². The Morgan fingerprint density at radius 2 is 2.11 bits per heavy atom. The van der Waals surface area contributed by atoms with Gasteiger partial charge in [-0.05, 0) is 25.1 Å². The van der Waals surface area contributed by atoms with E-state index < -0.39 is 16.1 Å².